The zero-order valence-electron chi connectivity index (χ0n) is 33.2. The van der Waals surface area contributed by atoms with Crippen molar-refractivity contribution in [2.24, 2.45) is 0 Å². The van der Waals surface area contributed by atoms with Crippen LogP contribution >= 0.6 is 0 Å². The molecule has 0 N–H and O–H groups in total. The SMILES string of the molecule is c1cc(N(c2ccc(-c3ccc(-c4ccc5ccccc5c4)cc3)cc2)c2ccccc2-c2ccc3oc4ccccc4c3c2)cc(-n2c3ccccc3c3ccccc32)c1. The van der Waals surface area contributed by atoms with Gasteiger partial charge in [0.15, 0.2) is 0 Å². The summed E-state index contributed by atoms with van der Waals surface area (Å²) in [4.78, 5) is 2.40. The molecule has 0 unspecified atom stereocenters. The molecule has 2 heterocycles. The van der Waals surface area contributed by atoms with Gasteiger partial charge in [-0.05, 0) is 111 Å². The lowest BCUT2D eigenvalue weighted by Gasteiger charge is -2.28. The summed E-state index contributed by atoms with van der Waals surface area (Å²) in [6, 6.07) is 83.1. The molecule has 0 fully saturated rings. The first-order chi connectivity index (χ1) is 30.2. The van der Waals surface area contributed by atoms with Gasteiger partial charge in [-0.1, -0.05) is 158 Å². The Balaban J connectivity index is 0.984. The zero-order chi connectivity index (χ0) is 40.3. The minimum atomic E-state index is 0.888. The first-order valence-electron chi connectivity index (χ1n) is 20.8. The summed E-state index contributed by atoms with van der Waals surface area (Å²) in [5.41, 5.74) is 15.5. The second-order valence-electron chi connectivity index (χ2n) is 15.7. The van der Waals surface area contributed by atoms with Gasteiger partial charge in [-0.25, -0.2) is 0 Å². The predicted molar refractivity (Wildman–Crippen MR) is 257 cm³/mol. The van der Waals surface area contributed by atoms with E-state index in [9.17, 15) is 0 Å². The lowest BCUT2D eigenvalue weighted by Crippen LogP contribution is -2.11. The molecule has 0 amide bonds. The highest BCUT2D eigenvalue weighted by molar-refractivity contribution is 6.10. The van der Waals surface area contributed by atoms with Gasteiger partial charge in [0.2, 0.25) is 0 Å². The fourth-order valence-electron chi connectivity index (χ4n) is 9.23. The Morgan fingerprint density at radius 1 is 0.328 bits per heavy atom. The monoisotopic (exact) mass is 778 g/mol. The van der Waals surface area contributed by atoms with E-state index in [1.54, 1.807) is 0 Å². The Morgan fingerprint density at radius 3 is 1.67 bits per heavy atom. The predicted octanol–water partition coefficient (Wildman–Crippen LogP) is 16.3. The fourth-order valence-corrected chi connectivity index (χ4v) is 9.23. The Labute approximate surface area is 353 Å². The summed E-state index contributed by atoms with van der Waals surface area (Å²) in [6.45, 7) is 0. The summed E-state index contributed by atoms with van der Waals surface area (Å²) in [6.07, 6.45) is 0. The van der Waals surface area contributed by atoms with Crippen molar-refractivity contribution in [3.63, 3.8) is 0 Å². The van der Waals surface area contributed by atoms with Crippen LogP contribution in [0.3, 0.4) is 0 Å². The van der Waals surface area contributed by atoms with Crippen molar-refractivity contribution >= 4 is 71.6 Å². The van der Waals surface area contributed by atoms with Crippen LogP contribution in [0.4, 0.5) is 17.1 Å². The van der Waals surface area contributed by atoms with Crippen molar-refractivity contribution in [2.75, 3.05) is 4.90 Å². The minimum Gasteiger partial charge on any atom is -0.456 e. The molecular weight excluding hydrogens is 741 g/mol. The second-order valence-corrected chi connectivity index (χ2v) is 15.7. The van der Waals surface area contributed by atoms with Crippen molar-refractivity contribution in [3.8, 4) is 39.1 Å². The number of furan rings is 1. The highest BCUT2D eigenvalue weighted by atomic mass is 16.3. The van der Waals surface area contributed by atoms with Crippen LogP contribution in [0.5, 0.6) is 0 Å². The Morgan fingerprint density at radius 2 is 0.902 bits per heavy atom. The summed E-state index contributed by atoms with van der Waals surface area (Å²) in [5.74, 6) is 0. The van der Waals surface area contributed by atoms with Gasteiger partial charge in [0.05, 0.1) is 16.7 Å². The molecular formula is C58H38N2O. The third-order valence-electron chi connectivity index (χ3n) is 12.2. The van der Waals surface area contributed by atoms with Gasteiger partial charge >= 0.3 is 0 Å². The zero-order valence-corrected chi connectivity index (χ0v) is 33.2. The molecule has 0 aliphatic heterocycles. The number of para-hydroxylation sites is 4. The summed E-state index contributed by atoms with van der Waals surface area (Å²) in [7, 11) is 0. The van der Waals surface area contributed by atoms with Crippen molar-refractivity contribution in [2.45, 2.75) is 0 Å². The van der Waals surface area contributed by atoms with Gasteiger partial charge < -0.3 is 13.9 Å². The molecule has 12 rings (SSSR count). The molecule has 0 bridgehead atoms. The number of hydrogen-bond acceptors (Lipinski definition) is 2. The van der Waals surface area contributed by atoms with Gasteiger partial charge in [0.25, 0.3) is 0 Å². The number of hydrogen-bond donors (Lipinski definition) is 0. The van der Waals surface area contributed by atoms with Gasteiger partial charge in [-0.3, -0.25) is 0 Å². The number of rotatable bonds is 7. The maximum atomic E-state index is 6.25. The highest BCUT2D eigenvalue weighted by Gasteiger charge is 2.20. The molecule has 61 heavy (non-hydrogen) atoms. The van der Waals surface area contributed by atoms with Crippen LogP contribution in [0, 0.1) is 0 Å². The van der Waals surface area contributed by atoms with E-state index in [0.717, 1.165) is 55.8 Å². The maximum Gasteiger partial charge on any atom is 0.135 e. The second kappa shape index (κ2) is 14.3. The molecule has 0 aliphatic rings. The van der Waals surface area contributed by atoms with E-state index in [1.165, 1.54) is 54.8 Å². The van der Waals surface area contributed by atoms with E-state index in [-0.39, 0.29) is 0 Å². The van der Waals surface area contributed by atoms with Crippen LogP contribution in [0.15, 0.2) is 235 Å². The number of nitrogens with zero attached hydrogens (tertiary/aromatic N) is 2. The van der Waals surface area contributed by atoms with Crippen LogP contribution < -0.4 is 4.90 Å². The first-order valence-corrected chi connectivity index (χ1v) is 20.8. The van der Waals surface area contributed by atoms with Crippen molar-refractivity contribution in [1.29, 1.82) is 0 Å². The molecule has 2 aromatic heterocycles. The van der Waals surface area contributed by atoms with Gasteiger partial charge in [-0.2, -0.15) is 0 Å². The van der Waals surface area contributed by atoms with Crippen LogP contribution in [-0.4, -0.2) is 4.57 Å². The average molecular weight is 779 g/mol. The van der Waals surface area contributed by atoms with Crippen LogP contribution in [0.1, 0.15) is 0 Å². The minimum absolute atomic E-state index is 0.888. The van der Waals surface area contributed by atoms with Gasteiger partial charge in [0, 0.05) is 44.2 Å². The number of benzene rings is 10. The van der Waals surface area contributed by atoms with E-state index in [0.29, 0.717) is 0 Å². The van der Waals surface area contributed by atoms with E-state index in [4.69, 9.17) is 4.42 Å². The standard InChI is InChI=1S/C58H38N2O/c1-2-13-43-36-44(29-28-39(43)12-1)42-26-24-40(25-27-42)41-30-33-46(34-31-41)59(47-14-11-15-48(38-47)60-55-21-8-4-17-50(55)51-18-5-9-22-56(51)60)54-20-7-3-16-49(54)45-32-35-58-53(37-45)52-19-6-10-23-57(52)61-58/h1-38H. The molecule has 0 spiro atoms. The van der Waals surface area contributed by atoms with Crippen LogP contribution in [0.2, 0.25) is 0 Å². The van der Waals surface area contributed by atoms with Crippen LogP contribution in [0.25, 0.3) is 93.6 Å². The Kier molecular flexibility index (Phi) is 8.17. The quantitative estimate of drug-likeness (QED) is 0.161. The molecule has 0 saturated carbocycles. The van der Waals surface area contributed by atoms with Gasteiger partial charge in [0.1, 0.15) is 11.2 Å². The smallest absolute Gasteiger partial charge is 0.135 e. The van der Waals surface area contributed by atoms with Crippen molar-refractivity contribution in [3.05, 3.63) is 231 Å². The fraction of sp³-hybridized carbons (Fsp3) is 0. The van der Waals surface area contributed by atoms with Gasteiger partial charge in [-0.15, -0.1) is 0 Å². The topological polar surface area (TPSA) is 21.3 Å². The summed E-state index contributed by atoms with van der Waals surface area (Å²) in [5, 5.41) is 7.22. The molecule has 0 aliphatic carbocycles. The largest absolute Gasteiger partial charge is 0.456 e. The van der Waals surface area contributed by atoms with Crippen molar-refractivity contribution in [1.82, 2.24) is 4.57 Å². The van der Waals surface area contributed by atoms with E-state index >= 15 is 0 Å². The molecule has 0 saturated heterocycles. The van der Waals surface area contributed by atoms with E-state index in [1.807, 2.05) is 12.1 Å². The Bertz CT molecular complexity index is 3540. The van der Waals surface area contributed by atoms with Crippen LogP contribution in [-0.2, 0) is 0 Å². The summed E-state index contributed by atoms with van der Waals surface area (Å²) < 4.78 is 8.64. The molecule has 10 aromatic carbocycles. The number of aromatic nitrogens is 1. The first kappa shape index (κ1) is 34.9. The number of anilines is 3. The third kappa shape index (κ3) is 5.98. The average Bonchev–Trinajstić information content (AvgIpc) is 3.88. The highest BCUT2D eigenvalue weighted by Crippen LogP contribution is 2.44. The van der Waals surface area contributed by atoms with E-state index < -0.39 is 0 Å². The summed E-state index contributed by atoms with van der Waals surface area (Å²) >= 11 is 0. The lowest BCUT2D eigenvalue weighted by molar-refractivity contribution is 0.669. The molecule has 3 nitrogen and oxygen atoms in total. The molecule has 286 valence electrons. The molecule has 0 atom stereocenters. The van der Waals surface area contributed by atoms with E-state index in [2.05, 4.69) is 228 Å². The Hall–Kier alpha value is -8.14. The van der Waals surface area contributed by atoms with Crippen molar-refractivity contribution < 1.29 is 4.42 Å². The maximum absolute atomic E-state index is 6.25. The molecule has 0 radical (unpaired) electrons. The lowest BCUT2D eigenvalue weighted by atomic mass is 9.98. The molecule has 12 aromatic rings. The third-order valence-corrected chi connectivity index (χ3v) is 12.2. The number of fused-ring (bicyclic) bond motifs is 7. The molecule has 3 heteroatoms. The normalized spacial score (nSPS) is 11.6.